The van der Waals surface area contributed by atoms with Crippen molar-refractivity contribution in [3.05, 3.63) is 0 Å². The molecule has 0 aromatic heterocycles. The molecule has 0 aliphatic rings. The minimum absolute atomic E-state index is 0.754. The van der Waals surface area contributed by atoms with Crippen LogP contribution in [-0.4, -0.2) is 6.29 Å². The Balaban J connectivity index is 3.33. The van der Waals surface area contributed by atoms with Crippen LogP contribution in [0, 0.1) is 5.92 Å². The Kier molecular flexibility index (Phi) is 9.51. The van der Waals surface area contributed by atoms with Gasteiger partial charge in [-0.15, -0.1) is 0 Å². The second-order valence-corrected chi connectivity index (χ2v) is 3.87. The summed E-state index contributed by atoms with van der Waals surface area (Å²) in [6.07, 6.45) is 10.8. The molecule has 0 bridgehead atoms. The van der Waals surface area contributed by atoms with E-state index >= 15 is 0 Å². The van der Waals surface area contributed by atoms with E-state index in [-0.39, 0.29) is 0 Å². The molecule has 1 heteroatoms. The van der Waals surface area contributed by atoms with Crippen LogP contribution < -0.4 is 0 Å². The Morgan fingerprint density at radius 2 is 1.77 bits per heavy atom. The molecule has 0 saturated carbocycles. The molecule has 0 rings (SSSR count). The summed E-state index contributed by atoms with van der Waals surface area (Å²) >= 11 is 0. The van der Waals surface area contributed by atoms with Crippen molar-refractivity contribution >= 4 is 6.29 Å². The minimum Gasteiger partial charge on any atom is -0.303 e. The van der Waals surface area contributed by atoms with Gasteiger partial charge in [0.15, 0.2) is 0 Å². The lowest BCUT2D eigenvalue weighted by Crippen LogP contribution is -1.99. The Labute approximate surface area is 82.9 Å². The molecule has 0 aliphatic heterocycles. The van der Waals surface area contributed by atoms with Crippen LogP contribution in [0.15, 0.2) is 0 Å². The van der Waals surface area contributed by atoms with Crippen molar-refractivity contribution in [1.29, 1.82) is 0 Å². The second-order valence-electron chi connectivity index (χ2n) is 3.87. The van der Waals surface area contributed by atoms with Crippen LogP contribution in [0.1, 0.15) is 65.2 Å². The largest absolute Gasteiger partial charge is 0.303 e. The number of unbranched alkanes of at least 4 members (excludes halogenated alkanes) is 3. The molecule has 0 aliphatic carbocycles. The van der Waals surface area contributed by atoms with E-state index in [0.29, 0.717) is 0 Å². The monoisotopic (exact) mass is 184 g/mol. The van der Waals surface area contributed by atoms with E-state index in [0.717, 1.165) is 25.0 Å². The van der Waals surface area contributed by atoms with Crippen molar-refractivity contribution in [2.24, 2.45) is 5.92 Å². The summed E-state index contributed by atoms with van der Waals surface area (Å²) in [5.41, 5.74) is 0. The van der Waals surface area contributed by atoms with Crippen LogP contribution in [0.5, 0.6) is 0 Å². The number of carbonyl (C=O) groups excluding carboxylic acids is 1. The molecule has 1 atom stereocenters. The molecule has 0 saturated heterocycles. The zero-order valence-electron chi connectivity index (χ0n) is 9.22. The van der Waals surface area contributed by atoms with Crippen molar-refractivity contribution in [1.82, 2.24) is 0 Å². The van der Waals surface area contributed by atoms with Crippen molar-refractivity contribution in [3.63, 3.8) is 0 Å². The molecular weight excluding hydrogens is 160 g/mol. The maximum absolute atomic E-state index is 10.1. The van der Waals surface area contributed by atoms with Gasteiger partial charge >= 0.3 is 0 Å². The Bertz CT molecular complexity index is 110. The summed E-state index contributed by atoms with van der Waals surface area (Å²) < 4.78 is 0. The van der Waals surface area contributed by atoms with Gasteiger partial charge in [0.2, 0.25) is 0 Å². The SMILES string of the molecule is CCCCCC(CC)CCCC=O. The third-order valence-electron chi connectivity index (χ3n) is 2.73. The van der Waals surface area contributed by atoms with Gasteiger partial charge in [0.05, 0.1) is 0 Å². The van der Waals surface area contributed by atoms with E-state index < -0.39 is 0 Å². The van der Waals surface area contributed by atoms with Crippen LogP contribution in [0.25, 0.3) is 0 Å². The summed E-state index contributed by atoms with van der Waals surface area (Å²) in [6.45, 7) is 4.50. The van der Waals surface area contributed by atoms with Crippen LogP contribution in [0.4, 0.5) is 0 Å². The van der Waals surface area contributed by atoms with Gasteiger partial charge in [-0.25, -0.2) is 0 Å². The number of aldehydes is 1. The first-order chi connectivity index (χ1) is 6.35. The lowest BCUT2D eigenvalue weighted by Gasteiger charge is -2.13. The second kappa shape index (κ2) is 9.76. The van der Waals surface area contributed by atoms with E-state index in [2.05, 4.69) is 13.8 Å². The normalized spacial score (nSPS) is 12.8. The summed E-state index contributed by atoms with van der Waals surface area (Å²) in [6, 6.07) is 0. The van der Waals surface area contributed by atoms with Gasteiger partial charge in [-0.3, -0.25) is 0 Å². The number of hydrogen-bond donors (Lipinski definition) is 0. The molecule has 0 heterocycles. The van der Waals surface area contributed by atoms with E-state index in [1.807, 2.05) is 0 Å². The predicted molar refractivity (Wildman–Crippen MR) is 57.8 cm³/mol. The molecule has 0 N–H and O–H groups in total. The maximum atomic E-state index is 10.1. The van der Waals surface area contributed by atoms with E-state index in [1.165, 1.54) is 38.5 Å². The lowest BCUT2D eigenvalue weighted by atomic mass is 9.93. The van der Waals surface area contributed by atoms with Crippen LogP contribution >= 0.6 is 0 Å². The fraction of sp³-hybridized carbons (Fsp3) is 0.917. The van der Waals surface area contributed by atoms with Crippen molar-refractivity contribution < 1.29 is 4.79 Å². The molecule has 0 fully saturated rings. The standard InChI is InChI=1S/C12H24O/c1-3-5-6-9-12(4-2)10-7-8-11-13/h11-12H,3-10H2,1-2H3. The predicted octanol–water partition coefficient (Wildman–Crippen LogP) is 3.96. The van der Waals surface area contributed by atoms with Gasteiger partial charge in [0.25, 0.3) is 0 Å². The molecular formula is C12H24O. The number of carbonyl (C=O) groups is 1. The van der Waals surface area contributed by atoms with Crippen molar-refractivity contribution in [3.8, 4) is 0 Å². The summed E-state index contributed by atoms with van der Waals surface area (Å²) in [5, 5.41) is 0. The zero-order chi connectivity index (χ0) is 9.94. The first kappa shape index (κ1) is 12.7. The molecule has 0 aromatic carbocycles. The zero-order valence-corrected chi connectivity index (χ0v) is 9.22. The smallest absolute Gasteiger partial charge is 0.119 e. The highest BCUT2D eigenvalue weighted by atomic mass is 16.1. The van der Waals surface area contributed by atoms with Crippen LogP contribution in [0.2, 0.25) is 0 Å². The van der Waals surface area contributed by atoms with Crippen LogP contribution in [-0.2, 0) is 4.79 Å². The average Bonchev–Trinajstić information content (AvgIpc) is 2.16. The molecule has 13 heavy (non-hydrogen) atoms. The van der Waals surface area contributed by atoms with E-state index in [9.17, 15) is 4.79 Å². The van der Waals surface area contributed by atoms with Gasteiger partial charge in [-0.05, 0) is 12.3 Å². The first-order valence-corrected chi connectivity index (χ1v) is 5.78. The molecule has 0 spiro atoms. The third kappa shape index (κ3) is 8.01. The molecule has 0 amide bonds. The average molecular weight is 184 g/mol. The van der Waals surface area contributed by atoms with Crippen molar-refractivity contribution in [2.75, 3.05) is 0 Å². The highest BCUT2D eigenvalue weighted by Crippen LogP contribution is 2.19. The van der Waals surface area contributed by atoms with E-state index in [4.69, 9.17) is 0 Å². The lowest BCUT2D eigenvalue weighted by molar-refractivity contribution is -0.108. The molecule has 1 unspecified atom stereocenters. The van der Waals surface area contributed by atoms with Gasteiger partial charge in [-0.1, -0.05) is 52.4 Å². The van der Waals surface area contributed by atoms with Gasteiger partial charge < -0.3 is 4.79 Å². The molecule has 0 radical (unpaired) electrons. The summed E-state index contributed by atoms with van der Waals surface area (Å²) in [7, 11) is 0. The van der Waals surface area contributed by atoms with E-state index in [1.54, 1.807) is 0 Å². The summed E-state index contributed by atoms with van der Waals surface area (Å²) in [5.74, 6) is 0.867. The highest BCUT2D eigenvalue weighted by Gasteiger charge is 2.04. The van der Waals surface area contributed by atoms with Crippen molar-refractivity contribution in [2.45, 2.75) is 65.2 Å². The molecule has 78 valence electrons. The quantitative estimate of drug-likeness (QED) is 0.391. The first-order valence-electron chi connectivity index (χ1n) is 5.78. The van der Waals surface area contributed by atoms with Gasteiger partial charge in [0, 0.05) is 6.42 Å². The van der Waals surface area contributed by atoms with Gasteiger partial charge in [-0.2, -0.15) is 0 Å². The summed E-state index contributed by atoms with van der Waals surface area (Å²) in [4.78, 5) is 10.1. The number of hydrogen-bond acceptors (Lipinski definition) is 1. The maximum Gasteiger partial charge on any atom is 0.119 e. The Morgan fingerprint density at radius 3 is 2.31 bits per heavy atom. The molecule has 1 nitrogen and oxygen atoms in total. The fourth-order valence-electron chi connectivity index (χ4n) is 1.73. The Hall–Kier alpha value is -0.330. The third-order valence-corrected chi connectivity index (χ3v) is 2.73. The Morgan fingerprint density at radius 1 is 1.08 bits per heavy atom. The number of rotatable bonds is 9. The topological polar surface area (TPSA) is 17.1 Å². The fourth-order valence-corrected chi connectivity index (χ4v) is 1.73. The highest BCUT2D eigenvalue weighted by molar-refractivity contribution is 5.48. The van der Waals surface area contributed by atoms with Crippen LogP contribution in [0.3, 0.4) is 0 Å². The molecule has 0 aromatic rings. The van der Waals surface area contributed by atoms with Gasteiger partial charge in [0.1, 0.15) is 6.29 Å². The minimum atomic E-state index is 0.754.